The van der Waals surface area contributed by atoms with Gasteiger partial charge < -0.3 is 19.9 Å². The summed E-state index contributed by atoms with van der Waals surface area (Å²) in [6, 6.07) is 6.82. The van der Waals surface area contributed by atoms with Crippen LogP contribution < -0.4 is 14.8 Å². The van der Waals surface area contributed by atoms with Crippen LogP contribution in [0.3, 0.4) is 0 Å². The van der Waals surface area contributed by atoms with Crippen LogP contribution in [-0.2, 0) is 4.79 Å². The average Bonchev–Trinajstić information content (AvgIpc) is 2.49. The number of ether oxygens (including phenoxy) is 2. The van der Waals surface area contributed by atoms with E-state index in [2.05, 4.69) is 12.2 Å². The molecule has 1 unspecified atom stereocenters. The molecule has 0 aromatic heterocycles. The molecule has 0 saturated heterocycles. The van der Waals surface area contributed by atoms with Gasteiger partial charge in [-0.3, -0.25) is 4.79 Å². The van der Waals surface area contributed by atoms with E-state index in [1.165, 1.54) is 0 Å². The third kappa shape index (κ3) is 6.99. The fraction of sp³-hybridized carbons (Fsp3) is 0.562. The minimum absolute atomic E-state index is 0.364. The molecule has 0 saturated carbocycles. The number of nitrogens with one attached hydrogen (secondary N) is 1. The summed E-state index contributed by atoms with van der Waals surface area (Å²) in [6.07, 6.45) is 2.31. The van der Waals surface area contributed by atoms with Gasteiger partial charge in [0.2, 0.25) is 0 Å². The van der Waals surface area contributed by atoms with Gasteiger partial charge in [0.1, 0.15) is 17.5 Å². The molecule has 0 aliphatic heterocycles. The Labute approximate surface area is 126 Å². The Morgan fingerprint density at radius 3 is 2.14 bits per heavy atom. The Kier molecular flexibility index (Phi) is 8.28. The largest absolute Gasteiger partial charge is 0.494 e. The summed E-state index contributed by atoms with van der Waals surface area (Å²) in [6.45, 7) is 5.82. The fourth-order valence-corrected chi connectivity index (χ4v) is 1.78. The standard InChI is InChI=1S/C16H25NO4/c1-3-10-17-15(16(18)19)9-12-21-14-7-5-13(6-8-14)20-11-4-2/h5-8,15,17H,3-4,9-12H2,1-2H3,(H,18,19). The molecule has 0 radical (unpaired) electrons. The van der Waals surface area contributed by atoms with Crippen molar-refractivity contribution in [2.24, 2.45) is 0 Å². The van der Waals surface area contributed by atoms with E-state index in [0.29, 0.717) is 26.2 Å². The molecule has 0 fully saturated rings. The highest BCUT2D eigenvalue weighted by Crippen LogP contribution is 2.18. The van der Waals surface area contributed by atoms with E-state index in [1.807, 2.05) is 31.2 Å². The van der Waals surface area contributed by atoms with Crippen LogP contribution in [0.1, 0.15) is 33.1 Å². The highest BCUT2D eigenvalue weighted by atomic mass is 16.5. The second-order valence-corrected chi connectivity index (χ2v) is 4.80. The number of benzene rings is 1. The quantitative estimate of drug-likeness (QED) is 0.657. The summed E-state index contributed by atoms with van der Waals surface area (Å²) >= 11 is 0. The van der Waals surface area contributed by atoms with Crippen molar-refractivity contribution in [3.8, 4) is 11.5 Å². The van der Waals surface area contributed by atoms with Crippen LogP contribution in [0.4, 0.5) is 0 Å². The van der Waals surface area contributed by atoms with Crippen molar-refractivity contribution in [1.82, 2.24) is 5.32 Å². The molecule has 1 aromatic carbocycles. The number of hydrogen-bond acceptors (Lipinski definition) is 4. The molecule has 0 aliphatic rings. The third-order valence-electron chi connectivity index (χ3n) is 2.91. The monoisotopic (exact) mass is 295 g/mol. The maximum absolute atomic E-state index is 11.1. The van der Waals surface area contributed by atoms with Gasteiger partial charge in [0, 0.05) is 6.42 Å². The van der Waals surface area contributed by atoms with Gasteiger partial charge in [-0.05, 0) is 43.7 Å². The Hall–Kier alpha value is -1.75. The predicted octanol–water partition coefficient (Wildman–Crippen LogP) is 2.70. The molecule has 0 bridgehead atoms. The van der Waals surface area contributed by atoms with Gasteiger partial charge in [-0.25, -0.2) is 0 Å². The van der Waals surface area contributed by atoms with Gasteiger partial charge >= 0.3 is 5.97 Å². The summed E-state index contributed by atoms with van der Waals surface area (Å²) in [5.74, 6) is 0.700. The lowest BCUT2D eigenvalue weighted by molar-refractivity contribution is -0.139. The molecular formula is C16H25NO4. The Bertz CT molecular complexity index is 405. The van der Waals surface area contributed by atoms with E-state index < -0.39 is 12.0 Å². The van der Waals surface area contributed by atoms with Crippen molar-refractivity contribution in [3.63, 3.8) is 0 Å². The van der Waals surface area contributed by atoms with Crippen molar-refractivity contribution in [1.29, 1.82) is 0 Å². The summed E-state index contributed by atoms with van der Waals surface area (Å²) in [4.78, 5) is 11.1. The molecule has 5 heteroatoms. The van der Waals surface area contributed by atoms with E-state index in [4.69, 9.17) is 14.6 Å². The van der Waals surface area contributed by atoms with Crippen LogP contribution in [0.15, 0.2) is 24.3 Å². The van der Waals surface area contributed by atoms with Crippen LogP contribution in [0.2, 0.25) is 0 Å². The summed E-state index contributed by atoms with van der Waals surface area (Å²) in [7, 11) is 0. The van der Waals surface area contributed by atoms with E-state index in [9.17, 15) is 4.79 Å². The lowest BCUT2D eigenvalue weighted by Crippen LogP contribution is -2.38. The van der Waals surface area contributed by atoms with Gasteiger partial charge in [-0.2, -0.15) is 0 Å². The molecule has 21 heavy (non-hydrogen) atoms. The van der Waals surface area contributed by atoms with Gasteiger partial charge in [0.15, 0.2) is 0 Å². The Morgan fingerprint density at radius 2 is 1.67 bits per heavy atom. The van der Waals surface area contributed by atoms with Crippen molar-refractivity contribution in [2.45, 2.75) is 39.2 Å². The van der Waals surface area contributed by atoms with E-state index in [0.717, 1.165) is 24.3 Å². The molecule has 1 atom stereocenters. The number of carboxylic acids is 1. The van der Waals surface area contributed by atoms with Crippen molar-refractivity contribution in [3.05, 3.63) is 24.3 Å². The minimum atomic E-state index is -0.838. The summed E-state index contributed by atoms with van der Waals surface area (Å²) in [5.41, 5.74) is 0. The lowest BCUT2D eigenvalue weighted by Gasteiger charge is -2.14. The molecular weight excluding hydrogens is 270 g/mol. The van der Waals surface area contributed by atoms with Crippen molar-refractivity contribution < 1.29 is 19.4 Å². The normalized spacial score (nSPS) is 11.9. The SMILES string of the molecule is CCCNC(CCOc1ccc(OCCC)cc1)C(=O)O. The summed E-state index contributed by atoms with van der Waals surface area (Å²) in [5, 5.41) is 12.1. The van der Waals surface area contributed by atoms with E-state index >= 15 is 0 Å². The van der Waals surface area contributed by atoms with Crippen LogP contribution in [0.25, 0.3) is 0 Å². The molecule has 0 amide bonds. The zero-order valence-corrected chi connectivity index (χ0v) is 12.8. The van der Waals surface area contributed by atoms with Gasteiger partial charge in [0.25, 0.3) is 0 Å². The number of hydrogen-bond donors (Lipinski definition) is 2. The first-order valence-corrected chi connectivity index (χ1v) is 7.49. The van der Waals surface area contributed by atoms with Gasteiger partial charge in [-0.1, -0.05) is 13.8 Å². The minimum Gasteiger partial charge on any atom is -0.494 e. The first-order chi connectivity index (χ1) is 10.2. The predicted molar refractivity (Wildman–Crippen MR) is 82.1 cm³/mol. The highest BCUT2D eigenvalue weighted by molar-refractivity contribution is 5.73. The first-order valence-electron chi connectivity index (χ1n) is 7.49. The van der Waals surface area contributed by atoms with Crippen molar-refractivity contribution >= 4 is 5.97 Å². The van der Waals surface area contributed by atoms with E-state index in [-0.39, 0.29) is 0 Å². The molecule has 1 aromatic rings. The average molecular weight is 295 g/mol. The van der Waals surface area contributed by atoms with Gasteiger partial charge in [-0.15, -0.1) is 0 Å². The third-order valence-corrected chi connectivity index (χ3v) is 2.91. The van der Waals surface area contributed by atoms with Crippen molar-refractivity contribution in [2.75, 3.05) is 19.8 Å². The first kappa shape index (κ1) is 17.3. The van der Waals surface area contributed by atoms with Crippen LogP contribution in [0.5, 0.6) is 11.5 Å². The molecule has 2 N–H and O–H groups in total. The lowest BCUT2D eigenvalue weighted by atomic mass is 10.2. The second kappa shape index (κ2) is 10.0. The molecule has 0 heterocycles. The zero-order valence-electron chi connectivity index (χ0n) is 12.8. The molecule has 0 aliphatic carbocycles. The molecule has 1 rings (SSSR count). The molecule has 0 spiro atoms. The fourth-order valence-electron chi connectivity index (χ4n) is 1.78. The van der Waals surface area contributed by atoms with Crippen LogP contribution in [-0.4, -0.2) is 36.9 Å². The molecule has 5 nitrogen and oxygen atoms in total. The second-order valence-electron chi connectivity index (χ2n) is 4.80. The number of aliphatic carboxylic acids is 1. The smallest absolute Gasteiger partial charge is 0.320 e. The van der Waals surface area contributed by atoms with E-state index in [1.54, 1.807) is 0 Å². The Balaban J connectivity index is 2.34. The Morgan fingerprint density at radius 1 is 1.10 bits per heavy atom. The maximum atomic E-state index is 11.1. The van der Waals surface area contributed by atoms with Crippen LogP contribution in [0, 0.1) is 0 Å². The maximum Gasteiger partial charge on any atom is 0.320 e. The van der Waals surface area contributed by atoms with Crippen LogP contribution >= 0.6 is 0 Å². The number of carbonyl (C=O) groups is 1. The number of rotatable bonds is 11. The topological polar surface area (TPSA) is 67.8 Å². The number of carboxylic acid groups (broad SMARTS) is 1. The zero-order chi connectivity index (χ0) is 15.5. The molecule has 118 valence electrons. The summed E-state index contributed by atoms with van der Waals surface area (Å²) < 4.78 is 11.1. The van der Waals surface area contributed by atoms with Gasteiger partial charge in [0.05, 0.1) is 13.2 Å². The highest BCUT2D eigenvalue weighted by Gasteiger charge is 2.15.